The lowest BCUT2D eigenvalue weighted by atomic mass is 10.2. The summed E-state index contributed by atoms with van der Waals surface area (Å²) in [5.74, 6) is -1.35. The van der Waals surface area contributed by atoms with E-state index in [1.54, 1.807) is 16.3 Å². The molecule has 3 aromatic rings. The van der Waals surface area contributed by atoms with E-state index in [1.165, 1.54) is 17.4 Å². The van der Waals surface area contributed by atoms with E-state index >= 15 is 0 Å². The third kappa shape index (κ3) is 4.36. The molecule has 0 saturated carbocycles. The van der Waals surface area contributed by atoms with Gasteiger partial charge in [0, 0.05) is 18.5 Å². The number of rotatable bonds is 7. The van der Waals surface area contributed by atoms with Crippen LogP contribution in [0.5, 0.6) is 5.75 Å². The number of aromatic nitrogens is 1. The van der Waals surface area contributed by atoms with Crippen LogP contribution in [0.25, 0.3) is 10.6 Å². The SMILES string of the molecule is CCN(CC)C(=O)c1csc(-c2ccccc2OCc2ccc(F)c(F)c2)n1. The van der Waals surface area contributed by atoms with Crippen molar-refractivity contribution in [1.29, 1.82) is 0 Å². The zero-order valence-electron chi connectivity index (χ0n) is 15.6. The molecule has 3 rings (SSSR count). The molecule has 146 valence electrons. The molecule has 0 aliphatic carbocycles. The van der Waals surface area contributed by atoms with Crippen molar-refractivity contribution >= 4 is 17.2 Å². The molecule has 1 amide bonds. The third-order valence-electron chi connectivity index (χ3n) is 4.27. The second-order valence-corrected chi connectivity index (χ2v) is 6.91. The van der Waals surface area contributed by atoms with Gasteiger partial charge in [-0.2, -0.15) is 0 Å². The Kier molecular flexibility index (Phi) is 6.36. The molecule has 0 atom stereocenters. The molecule has 0 saturated heterocycles. The highest BCUT2D eigenvalue weighted by Crippen LogP contribution is 2.33. The zero-order chi connectivity index (χ0) is 20.1. The summed E-state index contributed by atoms with van der Waals surface area (Å²) >= 11 is 1.36. The van der Waals surface area contributed by atoms with Gasteiger partial charge in [-0.1, -0.05) is 18.2 Å². The second-order valence-electron chi connectivity index (χ2n) is 6.05. The molecule has 4 nitrogen and oxygen atoms in total. The second kappa shape index (κ2) is 8.93. The molecule has 0 bridgehead atoms. The standard InChI is InChI=1S/C21H20F2N2O2S/c1-3-25(4-2)21(26)18-13-28-20(24-18)15-7-5-6-8-19(15)27-12-14-9-10-16(22)17(23)11-14/h5-11,13H,3-4,12H2,1-2H3. The smallest absolute Gasteiger partial charge is 0.273 e. The summed E-state index contributed by atoms with van der Waals surface area (Å²) in [5.41, 5.74) is 1.66. The van der Waals surface area contributed by atoms with Gasteiger partial charge in [-0.05, 0) is 43.7 Å². The number of carbonyl (C=O) groups is 1. The van der Waals surface area contributed by atoms with Crippen molar-refractivity contribution in [2.24, 2.45) is 0 Å². The van der Waals surface area contributed by atoms with Gasteiger partial charge in [0.25, 0.3) is 5.91 Å². The quantitative estimate of drug-likeness (QED) is 0.549. The van der Waals surface area contributed by atoms with Gasteiger partial charge in [-0.25, -0.2) is 13.8 Å². The van der Waals surface area contributed by atoms with Crippen molar-refractivity contribution in [2.75, 3.05) is 13.1 Å². The number of carbonyl (C=O) groups excluding carboxylic acids is 1. The van der Waals surface area contributed by atoms with Gasteiger partial charge >= 0.3 is 0 Å². The fourth-order valence-electron chi connectivity index (χ4n) is 2.73. The van der Waals surface area contributed by atoms with E-state index in [0.29, 0.717) is 35.1 Å². The third-order valence-corrected chi connectivity index (χ3v) is 5.15. The van der Waals surface area contributed by atoms with E-state index in [0.717, 1.165) is 17.7 Å². The Morgan fingerprint density at radius 3 is 2.57 bits per heavy atom. The Hall–Kier alpha value is -2.80. The Morgan fingerprint density at radius 2 is 1.86 bits per heavy atom. The average molecular weight is 402 g/mol. The topological polar surface area (TPSA) is 42.4 Å². The molecule has 0 aliphatic heterocycles. The van der Waals surface area contributed by atoms with E-state index in [2.05, 4.69) is 4.98 Å². The number of ether oxygens (including phenoxy) is 1. The van der Waals surface area contributed by atoms with Gasteiger partial charge in [0.2, 0.25) is 0 Å². The van der Waals surface area contributed by atoms with Crippen LogP contribution in [0.2, 0.25) is 0 Å². The lowest BCUT2D eigenvalue weighted by Gasteiger charge is -2.16. The number of para-hydroxylation sites is 1. The molecule has 0 unspecified atom stereocenters. The average Bonchev–Trinajstić information content (AvgIpc) is 3.20. The van der Waals surface area contributed by atoms with Crippen LogP contribution in [-0.4, -0.2) is 28.9 Å². The normalized spacial score (nSPS) is 10.7. The number of benzene rings is 2. The van der Waals surface area contributed by atoms with E-state index < -0.39 is 11.6 Å². The molecule has 0 radical (unpaired) electrons. The minimum Gasteiger partial charge on any atom is -0.488 e. The molecule has 1 aromatic heterocycles. The number of halogens is 2. The van der Waals surface area contributed by atoms with Crippen LogP contribution < -0.4 is 4.74 Å². The van der Waals surface area contributed by atoms with Crippen molar-refractivity contribution in [2.45, 2.75) is 20.5 Å². The van der Waals surface area contributed by atoms with Crippen LogP contribution in [0.1, 0.15) is 29.9 Å². The molecule has 0 fully saturated rings. The highest BCUT2D eigenvalue weighted by Gasteiger charge is 2.18. The Morgan fingerprint density at radius 1 is 1.11 bits per heavy atom. The summed E-state index contributed by atoms with van der Waals surface area (Å²) in [4.78, 5) is 18.7. The van der Waals surface area contributed by atoms with Crippen LogP contribution in [0.4, 0.5) is 8.78 Å². The van der Waals surface area contributed by atoms with Crippen molar-refractivity contribution < 1.29 is 18.3 Å². The Bertz CT molecular complexity index is 971. The highest BCUT2D eigenvalue weighted by atomic mass is 32.1. The highest BCUT2D eigenvalue weighted by molar-refractivity contribution is 7.13. The molecular weight excluding hydrogens is 382 g/mol. The van der Waals surface area contributed by atoms with Gasteiger partial charge < -0.3 is 9.64 Å². The van der Waals surface area contributed by atoms with Crippen molar-refractivity contribution in [3.05, 3.63) is 70.7 Å². The maximum atomic E-state index is 13.4. The fourth-order valence-corrected chi connectivity index (χ4v) is 3.55. The minimum atomic E-state index is -0.908. The number of hydrogen-bond acceptors (Lipinski definition) is 4. The maximum absolute atomic E-state index is 13.4. The molecule has 28 heavy (non-hydrogen) atoms. The zero-order valence-corrected chi connectivity index (χ0v) is 16.4. The van der Waals surface area contributed by atoms with Crippen molar-refractivity contribution in [3.63, 3.8) is 0 Å². The van der Waals surface area contributed by atoms with Crippen molar-refractivity contribution in [1.82, 2.24) is 9.88 Å². The first-order valence-electron chi connectivity index (χ1n) is 8.94. The first-order chi connectivity index (χ1) is 13.5. The molecule has 2 aromatic carbocycles. The van der Waals surface area contributed by atoms with Gasteiger partial charge in [0.1, 0.15) is 23.1 Å². The van der Waals surface area contributed by atoms with Gasteiger partial charge in [-0.3, -0.25) is 4.79 Å². The van der Waals surface area contributed by atoms with Gasteiger partial charge in [0.05, 0.1) is 5.56 Å². The summed E-state index contributed by atoms with van der Waals surface area (Å²) in [6, 6.07) is 11.0. The molecule has 7 heteroatoms. The molecular formula is C21H20F2N2O2S. The van der Waals surface area contributed by atoms with Crippen LogP contribution in [-0.2, 0) is 6.61 Å². The molecule has 1 heterocycles. The van der Waals surface area contributed by atoms with E-state index in [9.17, 15) is 13.6 Å². The first-order valence-corrected chi connectivity index (χ1v) is 9.82. The summed E-state index contributed by atoms with van der Waals surface area (Å²) in [6.07, 6.45) is 0. The van der Waals surface area contributed by atoms with Crippen molar-refractivity contribution in [3.8, 4) is 16.3 Å². The van der Waals surface area contributed by atoms with E-state index in [-0.39, 0.29) is 12.5 Å². The lowest BCUT2D eigenvalue weighted by molar-refractivity contribution is 0.0768. The molecule has 0 spiro atoms. The Balaban J connectivity index is 1.80. The van der Waals surface area contributed by atoms with Crippen LogP contribution >= 0.6 is 11.3 Å². The monoisotopic (exact) mass is 402 g/mol. The van der Waals surface area contributed by atoms with Crippen LogP contribution in [0.15, 0.2) is 47.8 Å². The molecule has 0 N–H and O–H groups in total. The summed E-state index contributed by atoms with van der Waals surface area (Å²) < 4.78 is 32.3. The largest absolute Gasteiger partial charge is 0.488 e. The summed E-state index contributed by atoms with van der Waals surface area (Å²) in [5, 5.41) is 2.40. The number of hydrogen-bond donors (Lipinski definition) is 0. The lowest BCUT2D eigenvalue weighted by Crippen LogP contribution is -2.30. The Labute approximate surface area is 166 Å². The fraction of sp³-hybridized carbons (Fsp3) is 0.238. The minimum absolute atomic E-state index is 0.0881. The summed E-state index contributed by atoms with van der Waals surface area (Å²) in [7, 11) is 0. The molecule has 0 aliphatic rings. The number of nitrogens with zero attached hydrogens (tertiary/aromatic N) is 2. The first kappa shape index (κ1) is 19.9. The van der Waals surface area contributed by atoms with Gasteiger partial charge in [-0.15, -0.1) is 11.3 Å². The summed E-state index contributed by atoms with van der Waals surface area (Å²) in [6.45, 7) is 5.18. The van der Waals surface area contributed by atoms with E-state index in [4.69, 9.17) is 4.74 Å². The predicted octanol–water partition coefficient (Wildman–Crippen LogP) is 5.15. The number of thiazole rings is 1. The predicted molar refractivity (Wildman–Crippen MR) is 105 cm³/mol. The maximum Gasteiger partial charge on any atom is 0.273 e. The van der Waals surface area contributed by atoms with Crippen LogP contribution in [0.3, 0.4) is 0 Å². The van der Waals surface area contributed by atoms with Crippen LogP contribution in [0, 0.1) is 11.6 Å². The van der Waals surface area contributed by atoms with E-state index in [1.807, 2.05) is 32.0 Å². The van der Waals surface area contributed by atoms with Gasteiger partial charge in [0.15, 0.2) is 11.6 Å². The number of amides is 1.